The minimum Gasteiger partial charge on any atom is -0.493 e. The first kappa shape index (κ1) is 19.0. The van der Waals surface area contributed by atoms with Gasteiger partial charge >= 0.3 is 0 Å². The zero-order valence-corrected chi connectivity index (χ0v) is 16.5. The van der Waals surface area contributed by atoms with Crippen LogP contribution in [0.4, 0.5) is 5.82 Å². The molecule has 2 aromatic rings. The van der Waals surface area contributed by atoms with Gasteiger partial charge in [0, 0.05) is 5.56 Å². The van der Waals surface area contributed by atoms with Crippen LogP contribution in [-0.4, -0.2) is 19.2 Å². The largest absolute Gasteiger partial charge is 0.493 e. The molecule has 1 aliphatic rings. The van der Waals surface area contributed by atoms with Gasteiger partial charge in [-0.05, 0) is 66.8 Å². The van der Waals surface area contributed by atoms with Gasteiger partial charge in [-0.1, -0.05) is 0 Å². The number of nitriles is 2. The zero-order valence-electron chi connectivity index (χ0n) is 16.5. The molecule has 0 aliphatic heterocycles. The molecule has 3 rings (SSSR count). The smallest absolute Gasteiger partial charge is 0.161 e. The molecule has 2 N–H and O–H groups in total. The highest BCUT2D eigenvalue weighted by Crippen LogP contribution is 2.44. The number of fused-ring (bicyclic) bond motifs is 1. The van der Waals surface area contributed by atoms with Crippen LogP contribution in [0.15, 0.2) is 17.7 Å². The quantitative estimate of drug-likeness (QED) is 0.872. The van der Waals surface area contributed by atoms with Crippen LogP contribution in [0.2, 0.25) is 0 Å². The number of hydrogen-bond donors (Lipinski definition) is 1. The molecule has 0 fully saturated rings. The summed E-state index contributed by atoms with van der Waals surface area (Å²) in [5.41, 5.74) is 12.3. The highest BCUT2D eigenvalue weighted by molar-refractivity contribution is 6.08. The fraction of sp³-hybridized carbons (Fsp3) is 0.227. The number of nitrogens with two attached hydrogens (primary N) is 1. The molecule has 1 aromatic heterocycles. The van der Waals surface area contributed by atoms with E-state index in [9.17, 15) is 10.5 Å². The Morgan fingerprint density at radius 1 is 1.04 bits per heavy atom. The van der Waals surface area contributed by atoms with E-state index in [1.165, 1.54) is 0 Å². The summed E-state index contributed by atoms with van der Waals surface area (Å²) in [5.74, 6) is 1.41. The van der Waals surface area contributed by atoms with Gasteiger partial charge in [0.25, 0.3) is 0 Å². The Morgan fingerprint density at radius 2 is 1.68 bits per heavy atom. The first-order valence-electron chi connectivity index (χ1n) is 8.64. The number of benzene rings is 1. The summed E-state index contributed by atoms with van der Waals surface area (Å²) in [5, 5.41) is 19.1. The van der Waals surface area contributed by atoms with Crippen LogP contribution in [0.25, 0.3) is 17.2 Å². The highest BCUT2D eigenvalue weighted by Gasteiger charge is 2.29. The maximum absolute atomic E-state index is 9.66. The predicted octanol–water partition coefficient (Wildman–Crippen LogP) is 4.02. The number of nitrogen functional groups attached to an aromatic ring is 1. The van der Waals surface area contributed by atoms with E-state index in [1.807, 2.05) is 39.0 Å². The summed E-state index contributed by atoms with van der Waals surface area (Å²) in [6.45, 7) is 5.69. The molecule has 28 heavy (non-hydrogen) atoms. The predicted molar refractivity (Wildman–Crippen MR) is 108 cm³/mol. The fourth-order valence-corrected chi connectivity index (χ4v) is 3.50. The Labute approximate surface area is 164 Å². The number of nitrogens with zero attached hydrogens (tertiary/aromatic N) is 3. The van der Waals surface area contributed by atoms with E-state index in [-0.39, 0.29) is 5.82 Å². The number of aromatic nitrogens is 1. The van der Waals surface area contributed by atoms with E-state index in [2.05, 4.69) is 17.1 Å². The van der Waals surface area contributed by atoms with Gasteiger partial charge < -0.3 is 15.2 Å². The Balaban J connectivity index is 2.32. The number of rotatable bonds is 3. The van der Waals surface area contributed by atoms with Crippen molar-refractivity contribution < 1.29 is 9.47 Å². The first-order valence-corrected chi connectivity index (χ1v) is 8.64. The van der Waals surface area contributed by atoms with Crippen molar-refractivity contribution in [3.8, 4) is 23.6 Å². The lowest BCUT2D eigenvalue weighted by Gasteiger charge is -2.13. The molecule has 0 bridgehead atoms. The zero-order chi connectivity index (χ0) is 20.6. The molecule has 6 heteroatoms. The summed E-state index contributed by atoms with van der Waals surface area (Å²) in [4.78, 5) is 4.35. The van der Waals surface area contributed by atoms with E-state index in [0.29, 0.717) is 28.3 Å². The second-order valence-corrected chi connectivity index (χ2v) is 6.57. The van der Waals surface area contributed by atoms with Gasteiger partial charge in [0.15, 0.2) is 11.5 Å². The molecule has 1 aromatic carbocycles. The van der Waals surface area contributed by atoms with Gasteiger partial charge in [0.2, 0.25) is 0 Å². The molecule has 1 aliphatic carbocycles. The Hall–Kier alpha value is -3.77. The number of anilines is 1. The summed E-state index contributed by atoms with van der Waals surface area (Å²) in [7, 11) is 3.18. The lowest BCUT2D eigenvalue weighted by Crippen LogP contribution is -2.03. The first-order chi connectivity index (χ1) is 13.4. The van der Waals surface area contributed by atoms with E-state index >= 15 is 0 Å². The lowest BCUT2D eigenvalue weighted by molar-refractivity contribution is 0.354. The number of aryl methyl sites for hydroxylation is 1. The molecule has 0 radical (unpaired) electrons. The van der Waals surface area contributed by atoms with E-state index in [4.69, 9.17) is 15.2 Å². The van der Waals surface area contributed by atoms with Gasteiger partial charge in [-0.2, -0.15) is 10.5 Å². The molecule has 6 nitrogen and oxygen atoms in total. The molecule has 1 heterocycles. The normalized spacial score (nSPS) is 13.9. The van der Waals surface area contributed by atoms with Gasteiger partial charge in [-0.3, -0.25) is 0 Å². The number of methoxy groups -OCH3 is 2. The highest BCUT2D eigenvalue weighted by atomic mass is 16.5. The third-order valence-electron chi connectivity index (χ3n) is 5.06. The second-order valence-electron chi connectivity index (χ2n) is 6.57. The van der Waals surface area contributed by atoms with E-state index < -0.39 is 0 Å². The molecular weight excluding hydrogens is 352 g/mol. The van der Waals surface area contributed by atoms with Crippen molar-refractivity contribution in [2.45, 2.75) is 20.8 Å². The van der Waals surface area contributed by atoms with Crippen LogP contribution in [0.3, 0.4) is 0 Å². The van der Waals surface area contributed by atoms with Gasteiger partial charge in [-0.15, -0.1) is 0 Å². The topological polar surface area (TPSA) is 105 Å². The van der Waals surface area contributed by atoms with Crippen LogP contribution in [-0.2, 0) is 0 Å². The van der Waals surface area contributed by atoms with Crippen molar-refractivity contribution in [1.29, 1.82) is 10.5 Å². The third kappa shape index (κ3) is 2.76. The van der Waals surface area contributed by atoms with Crippen LogP contribution >= 0.6 is 0 Å². The summed E-state index contributed by atoms with van der Waals surface area (Å²) < 4.78 is 10.8. The molecular formula is C22H20N4O2. The SMILES string of the molecule is COc1cc(C)c(C=C2C(C)=C(C#N)c3nc(N)c(C#N)c(C)c32)cc1OC. The van der Waals surface area contributed by atoms with E-state index in [1.54, 1.807) is 14.2 Å². The monoisotopic (exact) mass is 372 g/mol. The average Bonchev–Trinajstić information content (AvgIpc) is 2.94. The van der Waals surface area contributed by atoms with Crippen molar-refractivity contribution in [3.05, 3.63) is 51.2 Å². The van der Waals surface area contributed by atoms with Crippen LogP contribution in [0.1, 0.15) is 40.4 Å². The molecule has 0 saturated carbocycles. The number of pyridine rings is 1. The van der Waals surface area contributed by atoms with Crippen molar-refractivity contribution in [2.24, 2.45) is 0 Å². The number of ether oxygens (including phenoxy) is 2. The standard InChI is InChI=1S/C22H20N4O2/c1-11-6-18(27-4)19(28-5)8-14(11)7-15-12(2)16(9-23)21-20(15)13(3)17(10-24)22(25)26-21/h6-8H,1-5H3,(H2,25,26). The van der Waals surface area contributed by atoms with Crippen molar-refractivity contribution >= 4 is 23.0 Å². The molecule has 0 atom stereocenters. The van der Waals surface area contributed by atoms with Crippen LogP contribution in [0.5, 0.6) is 11.5 Å². The lowest BCUT2D eigenvalue weighted by atomic mass is 9.94. The molecule has 0 spiro atoms. The van der Waals surface area contributed by atoms with Gasteiger partial charge in [0.1, 0.15) is 18.0 Å². The summed E-state index contributed by atoms with van der Waals surface area (Å²) in [6.07, 6.45) is 1.99. The maximum atomic E-state index is 9.66. The van der Waals surface area contributed by atoms with Crippen molar-refractivity contribution in [1.82, 2.24) is 4.98 Å². The summed E-state index contributed by atoms with van der Waals surface area (Å²) >= 11 is 0. The number of allylic oxidation sites excluding steroid dienone is 3. The third-order valence-corrected chi connectivity index (χ3v) is 5.06. The van der Waals surface area contributed by atoms with Crippen LogP contribution in [0, 0.1) is 36.5 Å². The van der Waals surface area contributed by atoms with Crippen molar-refractivity contribution in [2.75, 3.05) is 20.0 Å². The Morgan fingerprint density at radius 3 is 2.25 bits per heavy atom. The van der Waals surface area contributed by atoms with Gasteiger partial charge in [-0.25, -0.2) is 4.98 Å². The molecule has 0 unspecified atom stereocenters. The van der Waals surface area contributed by atoms with Gasteiger partial charge in [0.05, 0.1) is 31.1 Å². The Bertz CT molecular complexity index is 1140. The molecule has 0 saturated heterocycles. The average molecular weight is 372 g/mol. The Kier molecular flexibility index (Phi) is 4.81. The summed E-state index contributed by atoms with van der Waals surface area (Å²) in [6, 6.07) is 8.14. The second kappa shape index (κ2) is 7.09. The minimum atomic E-state index is 0.142. The van der Waals surface area contributed by atoms with Crippen LogP contribution < -0.4 is 15.2 Å². The molecule has 140 valence electrons. The fourth-order valence-electron chi connectivity index (χ4n) is 3.50. The molecule has 0 amide bonds. The minimum absolute atomic E-state index is 0.142. The van der Waals surface area contributed by atoms with Crippen molar-refractivity contribution in [3.63, 3.8) is 0 Å². The maximum Gasteiger partial charge on any atom is 0.161 e. The van der Waals surface area contributed by atoms with E-state index in [0.717, 1.165) is 33.4 Å². The number of hydrogen-bond acceptors (Lipinski definition) is 6.